The summed E-state index contributed by atoms with van der Waals surface area (Å²) in [5.41, 5.74) is 1.85. The Morgan fingerprint density at radius 3 is 2.96 bits per heavy atom. The molecule has 2 aromatic rings. The van der Waals surface area contributed by atoms with Crippen molar-refractivity contribution >= 4 is 50.7 Å². The molecule has 2 aliphatic heterocycles. The molecule has 0 radical (unpaired) electrons. The predicted molar refractivity (Wildman–Crippen MR) is 109 cm³/mol. The average molecular weight is 397 g/mol. The minimum Gasteiger partial charge on any atom is -0.378 e. The lowest BCUT2D eigenvalue weighted by molar-refractivity contribution is -0.120. The summed E-state index contributed by atoms with van der Waals surface area (Å²) in [5.74, 6) is 0.225. The van der Waals surface area contributed by atoms with Crippen LogP contribution in [-0.4, -0.2) is 49.8 Å². The molecule has 0 saturated carbocycles. The number of carbonyl (C=O) groups excluding carboxylic acids is 1. The zero-order valence-corrected chi connectivity index (χ0v) is 16.5. The Balaban J connectivity index is 0.00000196. The lowest BCUT2D eigenvalue weighted by Crippen LogP contribution is -2.40. The maximum absolute atomic E-state index is 12.5. The van der Waals surface area contributed by atoms with E-state index in [0.29, 0.717) is 6.04 Å². The van der Waals surface area contributed by atoms with Gasteiger partial charge >= 0.3 is 0 Å². The Labute approximate surface area is 163 Å². The summed E-state index contributed by atoms with van der Waals surface area (Å²) in [6.07, 6.45) is 1.80. The van der Waals surface area contributed by atoms with E-state index in [0.717, 1.165) is 66.7 Å². The largest absolute Gasteiger partial charge is 0.378 e. The van der Waals surface area contributed by atoms with Gasteiger partial charge in [0.25, 0.3) is 0 Å². The molecule has 26 heavy (non-hydrogen) atoms. The molecule has 1 aromatic carbocycles. The SMILES string of the molecule is C[C@H]1C[C@@H](C(=O)Nc2ccc3nc(N4CCOCC4)sc3c2)CCN1.Cl. The smallest absolute Gasteiger partial charge is 0.227 e. The number of benzene rings is 1. The molecule has 8 heteroatoms. The number of ether oxygens (including phenoxy) is 1. The number of halogens is 1. The summed E-state index contributed by atoms with van der Waals surface area (Å²) in [4.78, 5) is 19.5. The molecule has 2 fully saturated rings. The molecule has 4 rings (SSSR count). The van der Waals surface area contributed by atoms with Gasteiger partial charge in [0.1, 0.15) is 0 Å². The van der Waals surface area contributed by atoms with Crippen LogP contribution in [0, 0.1) is 5.92 Å². The molecule has 6 nitrogen and oxygen atoms in total. The van der Waals surface area contributed by atoms with E-state index in [1.54, 1.807) is 11.3 Å². The fraction of sp³-hybridized carbons (Fsp3) is 0.556. The van der Waals surface area contributed by atoms with Gasteiger partial charge in [-0.3, -0.25) is 4.79 Å². The van der Waals surface area contributed by atoms with Gasteiger partial charge in [-0.1, -0.05) is 11.3 Å². The molecule has 0 unspecified atom stereocenters. The molecular weight excluding hydrogens is 372 g/mol. The number of fused-ring (bicyclic) bond motifs is 1. The van der Waals surface area contributed by atoms with Crippen LogP contribution in [0.2, 0.25) is 0 Å². The summed E-state index contributed by atoms with van der Waals surface area (Å²) in [6, 6.07) is 6.40. The molecule has 0 bridgehead atoms. The number of hydrogen-bond acceptors (Lipinski definition) is 6. The van der Waals surface area contributed by atoms with Gasteiger partial charge < -0.3 is 20.3 Å². The number of carbonyl (C=O) groups is 1. The van der Waals surface area contributed by atoms with E-state index >= 15 is 0 Å². The van der Waals surface area contributed by atoms with E-state index in [1.165, 1.54) is 0 Å². The Morgan fingerprint density at radius 2 is 2.19 bits per heavy atom. The molecule has 0 spiro atoms. The van der Waals surface area contributed by atoms with Crippen molar-refractivity contribution in [1.82, 2.24) is 10.3 Å². The van der Waals surface area contributed by atoms with Gasteiger partial charge in [-0.05, 0) is 44.5 Å². The van der Waals surface area contributed by atoms with Crippen molar-refractivity contribution in [3.8, 4) is 0 Å². The molecule has 2 N–H and O–H groups in total. The van der Waals surface area contributed by atoms with Gasteiger partial charge in [-0.15, -0.1) is 12.4 Å². The number of amides is 1. The minimum absolute atomic E-state index is 0. The zero-order valence-electron chi connectivity index (χ0n) is 14.9. The van der Waals surface area contributed by atoms with Crippen LogP contribution < -0.4 is 15.5 Å². The van der Waals surface area contributed by atoms with Gasteiger partial charge in [-0.25, -0.2) is 4.98 Å². The third kappa shape index (κ3) is 4.28. The number of thiazole rings is 1. The zero-order chi connectivity index (χ0) is 17.2. The Kier molecular flexibility index (Phi) is 6.34. The normalized spacial score (nSPS) is 23.5. The van der Waals surface area contributed by atoms with Crippen molar-refractivity contribution in [1.29, 1.82) is 0 Å². The first-order chi connectivity index (χ1) is 12.2. The molecule has 142 valence electrons. The highest BCUT2D eigenvalue weighted by atomic mass is 35.5. The van der Waals surface area contributed by atoms with Crippen LogP contribution >= 0.6 is 23.7 Å². The standard InChI is InChI=1S/C18H24N4O2S.ClH/c1-12-10-13(4-5-19-12)17(23)20-14-2-3-15-16(11-14)25-18(21-15)22-6-8-24-9-7-22;/h2-3,11-13,19H,4-10H2,1H3,(H,20,23);1H/t12-,13-;/m0./s1. The fourth-order valence-corrected chi connectivity index (χ4v) is 4.55. The third-order valence-electron chi connectivity index (χ3n) is 4.92. The number of nitrogens with one attached hydrogen (secondary N) is 2. The topological polar surface area (TPSA) is 66.5 Å². The Bertz CT molecular complexity index is 763. The van der Waals surface area contributed by atoms with Gasteiger partial charge in [0, 0.05) is 30.7 Å². The van der Waals surface area contributed by atoms with Crippen LogP contribution in [-0.2, 0) is 9.53 Å². The van der Waals surface area contributed by atoms with Gasteiger partial charge in [0.2, 0.25) is 5.91 Å². The number of piperidine rings is 1. The molecule has 0 aliphatic carbocycles. The second kappa shape index (κ2) is 8.52. The fourth-order valence-electron chi connectivity index (χ4n) is 3.49. The van der Waals surface area contributed by atoms with E-state index in [2.05, 4.69) is 22.5 Å². The van der Waals surface area contributed by atoms with E-state index in [-0.39, 0.29) is 24.2 Å². The first-order valence-electron chi connectivity index (χ1n) is 8.96. The van der Waals surface area contributed by atoms with Crippen molar-refractivity contribution in [3.05, 3.63) is 18.2 Å². The van der Waals surface area contributed by atoms with Crippen LogP contribution in [0.4, 0.5) is 10.8 Å². The molecule has 2 saturated heterocycles. The summed E-state index contributed by atoms with van der Waals surface area (Å²) in [7, 11) is 0. The molecular formula is C18H25ClN4O2S. The van der Waals surface area contributed by atoms with Crippen LogP contribution in [0.15, 0.2) is 18.2 Å². The number of nitrogens with zero attached hydrogens (tertiary/aromatic N) is 2. The summed E-state index contributed by atoms with van der Waals surface area (Å²) in [5, 5.41) is 7.52. The van der Waals surface area contributed by atoms with Crippen molar-refractivity contribution in [2.75, 3.05) is 43.1 Å². The predicted octanol–water partition coefficient (Wildman–Crippen LogP) is 2.88. The van der Waals surface area contributed by atoms with Gasteiger partial charge in [0.05, 0.1) is 23.4 Å². The lowest BCUT2D eigenvalue weighted by atomic mass is 9.92. The monoisotopic (exact) mass is 396 g/mol. The lowest BCUT2D eigenvalue weighted by Gasteiger charge is -2.27. The van der Waals surface area contributed by atoms with Crippen LogP contribution in [0.3, 0.4) is 0 Å². The second-order valence-electron chi connectivity index (χ2n) is 6.84. The van der Waals surface area contributed by atoms with Crippen molar-refractivity contribution in [2.45, 2.75) is 25.8 Å². The quantitative estimate of drug-likeness (QED) is 0.835. The molecule has 2 atom stereocenters. The molecule has 1 aromatic heterocycles. The van der Waals surface area contributed by atoms with E-state index in [1.807, 2.05) is 18.2 Å². The summed E-state index contributed by atoms with van der Waals surface area (Å²) < 4.78 is 6.52. The van der Waals surface area contributed by atoms with E-state index in [4.69, 9.17) is 9.72 Å². The van der Waals surface area contributed by atoms with E-state index < -0.39 is 0 Å². The molecule has 1 amide bonds. The summed E-state index contributed by atoms with van der Waals surface area (Å²) in [6.45, 7) is 6.33. The highest BCUT2D eigenvalue weighted by Gasteiger charge is 2.25. The minimum atomic E-state index is 0. The number of hydrogen-bond donors (Lipinski definition) is 2. The van der Waals surface area contributed by atoms with Crippen LogP contribution in [0.1, 0.15) is 19.8 Å². The number of morpholine rings is 1. The van der Waals surface area contributed by atoms with Crippen molar-refractivity contribution < 1.29 is 9.53 Å². The first kappa shape index (κ1) is 19.4. The average Bonchev–Trinajstić information content (AvgIpc) is 3.06. The third-order valence-corrected chi connectivity index (χ3v) is 6.00. The van der Waals surface area contributed by atoms with Crippen LogP contribution in [0.5, 0.6) is 0 Å². The highest BCUT2D eigenvalue weighted by molar-refractivity contribution is 7.22. The van der Waals surface area contributed by atoms with Crippen molar-refractivity contribution in [3.63, 3.8) is 0 Å². The van der Waals surface area contributed by atoms with Crippen LogP contribution in [0.25, 0.3) is 10.2 Å². The van der Waals surface area contributed by atoms with Gasteiger partial charge in [0.15, 0.2) is 5.13 Å². The van der Waals surface area contributed by atoms with Crippen molar-refractivity contribution in [2.24, 2.45) is 5.92 Å². The first-order valence-corrected chi connectivity index (χ1v) is 9.78. The van der Waals surface area contributed by atoms with Gasteiger partial charge in [-0.2, -0.15) is 0 Å². The van der Waals surface area contributed by atoms with E-state index in [9.17, 15) is 4.79 Å². The number of anilines is 2. The maximum atomic E-state index is 12.5. The Hall–Kier alpha value is -1.41. The number of aromatic nitrogens is 1. The maximum Gasteiger partial charge on any atom is 0.227 e. The number of rotatable bonds is 3. The molecule has 2 aliphatic rings. The molecule has 3 heterocycles. The highest BCUT2D eigenvalue weighted by Crippen LogP contribution is 2.31. The second-order valence-corrected chi connectivity index (χ2v) is 7.85. The Morgan fingerprint density at radius 1 is 1.38 bits per heavy atom. The summed E-state index contributed by atoms with van der Waals surface area (Å²) >= 11 is 1.68.